The largest absolute Gasteiger partial charge is 0.465 e. The number of nitrogens with one attached hydrogen (secondary N) is 1. The van der Waals surface area contributed by atoms with E-state index in [0.717, 1.165) is 19.4 Å². The predicted octanol–water partition coefficient (Wildman–Crippen LogP) is 2.37. The van der Waals surface area contributed by atoms with Gasteiger partial charge in [-0.15, -0.1) is 0 Å². The number of carbonyl (C=O) groups is 1. The number of rotatable bonds is 10. The molecule has 0 aromatic rings. The molecular formula is C14H29NO3. The van der Waals surface area contributed by atoms with Crippen molar-refractivity contribution in [3.8, 4) is 0 Å². The van der Waals surface area contributed by atoms with Gasteiger partial charge in [-0.3, -0.25) is 4.79 Å². The second-order valence-corrected chi connectivity index (χ2v) is 5.03. The predicted molar refractivity (Wildman–Crippen MR) is 73.6 cm³/mol. The van der Waals surface area contributed by atoms with E-state index in [1.165, 1.54) is 0 Å². The molecular weight excluding hydrogens is 230 g/mol. The number of hydrogen-bond acceptors (Lipinski definition) is 4. The summed E-state index contributed by atoms with van der Waals surface area (Å²) in [5, 5.41) is 3.16. The van der Waals surface area contributed by atoms with Crippen LogP contribution in [0.1, 0.15) is 47.5 Å². The Morgan fingerprint density at radius 2 is 1.89 bits per heavy atom. The third-order valence-electron chi connectivity index (χ3n) is 2.56. The molecule has 4 nitrogen and oxygen atoms in total. The lowest BCUT2D eigenvalue weighted by molar-refractivity contribution is -0.148. The Kier molecular flexibility index (Phi) is 9.98. The molecule has 2 unspecified atom stereocenters. The van der Waals surface area contributed by atoms with Crippen LogP contribution in [0.15, 0.2) is 0 Å². The Labute approximate surface area is 111 Å². The van der Waals surface area contributed by atoms with E-state index in [1.54, 1.807) is 0 Å². The van der Waals surface area contributed by atoms with Gasteiger partial charge in [0, 0.05) is 0 Å². The van der Waals surface area contributed by atoms with Crippen molar-refractivity contribution < 1.29 is 14.3 Å². The number of esters is 1. The SMILES string of the molecule is CCCNC(COC(C)CC(C)C)C(=O)OCC. The molecule has 18 heavy (non-hydrogen) atoms. The van der Waals surface area contributed by atoms with Gasteiger partial charge in [-0.25, -0.2) is 0 Å². The standard InChI is InChI=1S/C14H29NO3/c1-6-8-15-13(14(16)17-7-2)10-18-12(5)9-11(3)4/h11-13,15H,6-10H2,1-5H3. The van der Waals surface area contributed by atoms with Crippen LogP contribution in [0, 0.1) is 5.92 Å². The summed E-state index contributed by atoms with van der Waals surface area (Å²) in [6, 6.07) is -0.348. The minimum Gasteiger partial charge on any atom is -0.465 e. The van der Waals surface area contributed by atoms with Crippen LogP contribution in [0.4, 0.5) is 0 Å². The normalized spacial score (nSPS) is 14.6. The third kappa shape index (κ3) is 8.48. The summed E-state index contributed by atoms with van der Waals surface area (Å²) in [6.07, 6.45) is 2.16. The molecule has 2 atom stereocenters. The molecule has 108 valence electrons. The van der Waals surface area contributed by atoms with Gasteiger partial charge in [0.15, 0.2) is 0 Å². The van der Waals surface area contributed by atoms with E-state index >= 15 is 0 Å². The van der Waals surface area contributed by atoms with Crippen molar-refractivity contribution in [3.05, 3.63) is 0 Å². The van der Waals surface area contributed by atoms with Gasteiger partial charge < -0.3 is 14.8 Å². The minimum absolute atomic E-state index is 0.172. The summed E-state index contributed by atoms with van der Waals surface area (Å²) in [5.74, 6) is 0.382. The quantitative estimate of drug-likeness (QED) is 0.612. The van der Waals surface area contributed by atoms with E-state index in [9.17, 15) is 4.79 Å². The first kappa shape index (κ1) is 17.4. The summed E-state index contributed by atoms with van der Waals surface area (Å²) >= 11 is 0. The van der Waals surface area contributed by atoms with Gasteiger partial charge in [0.25, 0.3) is 0 Å². The van der Waals surface area contributed by atoms with Crippen molar-refractivity contribution >= 4 is 5.97 Å². The fourth-order valence-electron chi connectivity index (χ4n) is 1.76. The Hall–Kier alpha value is -0.610. The van der Waals surface area contributed by atoms with Gasteiger partial charge in [0.1, 0.15) is 6.04 Å². The zero-order valence-corrected chi connectivity index (χ0v) is 12.5. The molecule has 0 heterocycles. The fraction of sp³-hybridized carbons (Fsp3) is 0.929. The van der Waals surface area contributed by atoms with Gasteiger partial charge in [0.2, 0.25) is 0 Å². The van der Waals surface area contributed by atoms with Crippen molar-refractivity contribution in [2.45, 2.75) is 59.6 Å². The zero-order chi connectivity index (χ0) is 14.0. The topological polar surface area (TPSA) is 47.6 Å². The number of hydrogen-bond donors (Lipinski definition) is 1. The molecule has 0 bridgehead atoms. The van der Waals surface area contributed by atoms with Crippen LogP contribution >= 0.6 is 0 Å². The molecule has 0 aliphatic rings. The Balaban J connectivity index is 4.10. The number of ether oxygens (including phenoxy) is 2. The lowest BCUT2D eigenvalue weighted by Crippen LogP contribution is -2.43. The van der Waals surface area contributed by atoms with Gasteiger partial charge in [-0.05, 0) is 39.2 Å². The van der Waals surface area contributed by atoms with Crippen molar-refractivity contribution in [1.82, 2.24) is 5.32 Å². The van der Waals surface area contributed by atoms with Crippen LogP contribution in [0.25, 0.3) is 0 Å². The van der Waals surface area contributed by atoms with Crippen LogP contribution in [0.3, 0.4) is 0 Å². The van der Waals surface area contributed by atoms with Crippen LogP contribution < -0.4 is 5.32 Å². The Morgan fingerprint density at radius 1 is 1.22 bits per heavy atom. The first-order chi connectivity index (χ1) is 8.51. The van der Waals surface area contributed by atoms with Gasteiger partial charge in [-0.2, -0.15) is 0 Å². The summed E-state index contributed by atoms with van der Waals surface area (Å²) in [4.78, 5) is 11.7. The van der Waals surface area contributed by atoms with E-state index < -0.39 is 0 Å². The summed E-state index contributed by atoms with van der Waals surface area (Å²) in [5.41, 5.74) is 0. The average Bonchev–Trinajstić information content (AvgIpc) is 2.28. The molecule has 0 saturated carbocycles. The highest BCUT2D eigenvalue weighted by Crippen LogP contribution is 2.08. The molecule has 0 amide bonds. The van der Waals surface area contributed by atoms with Crippen LogP contribution in [-0.4, -0.2) is 37.9 Å². The third-order valence-corrected chi connectivity index (χ3v) is 2.56. The molecule has 0 aliphatic carbocycles. The molecule has 1 N–H and O–H groups in total. The smallest absolute Gasteiger partial charge is 0.325 e. The Bertz CT molecular complexity index is 219. The number of carbonyl (C=O) groups excluding carboxylic acids is 1. The monoisotopic (exact) mass is 259 g/mol. The van der Waals surface area contributed by atoms with Gasteiger partial charge in [0.05, 0.1) is 19.3 Å². The zero-order valence-electron chi connectivity index (χ0n) is 12.5. The molecule has 0 radical (unpaired) electrons. The minimum atomic E-state index is -0.348. The fourth-order valence-corrected chi connectivity index (χ4v) is 1.76. The molecule has 0 saturated heterocycles. The maximum absolute atomic E-state index is 11.7. The lowest BCUT2D eigenvalue weighted by atomic mass is 10.1. The van der Waals surface area contributed by atoms with Gasteiger partial charge >= 0.3 is 5.97 Å². The Morgan fingerprint density at radius 3 is 2.39 bits per heavy atom. The van der Waals surface area contributed by atoms with E-state index in [4.69, 9.17) is 9.47 Å². The van der Waals surface area contributed by atoms with Gasteiger partial charge in [-0.1, -0.05) is 20.8 Å². The molecule has 0 rings (SSSR count). The van der Waals surface area contributed by atoms with E-state index in [2.05, 4.69) is 26.1 Å². The molecule has 0 aromatic carbocycles. The first-order valence-electron chi connectivity index (χ1n) is 7.02. The summed E-state index contributed by atoms with van der Waals surface area (Å²) in [7, 11) is 0. The maximum atomic E-state index is 11.7. The highest BCUT2D eigenvalue weighted by atomic mass is 16.5. The van der Waals surface area contributed by atoms with Crippen LogP contribution in [-0.2, 0) is 14.3 Å². The first-order valence-corrected chi connectivity index (χ1v) is 7.02. The second kappa shape index (κ2) is 10.3. The average molecular weight is 259 g/mol. The van der Waals surface area contributed by atoms with Crippen molar-refractivity contribution in [3.63, 3.8) is 0 Å². The summed E-state index contributed by atoms with van der Waals surface area (Å²) in [6.45, 7) is 11.8. The maximum Gasteiger partial charge on any atom is 0.325 e. The van der Waals surface area contributed by atoms with Crippen LogP contribution in [0.2, 0.25) is 0 Å². The highest BCUT2D eigenvalue weighted by Gasteiger charge is 2.20. The second-order valence-electron chi connectivity index (χ2n) is 5.03. The van der Waals surface area contributed by atoms with E-state index in [1.807, 2.05) is 13.8 Å². The molecule has 0 aromatic heterocycles. The molecule has 0 spiro atoms. The molecule has 4 heteroatoms. The van der Waals surface area contributed by atoms with Crippen LogP contribution in [0.5, 0.6) is 0 Å². The summed E-state index contributed by atoms with van der Waals surface area (Å²) < 4.78 is 10.7. The van der Waals surface area contributed by atoms with Crippen molar-refractivity contribution in [2.24, 2.45) is 5.92 Å². The molecule has 0 aliphatic heterocycles. The van der Waals surface area contributed by atoms with E-state index in [-0.39, 0.29) is 18.1 Å². The highest BCUT2D eigenvalue weighted by molar-refractivity contribution is 5.75. The molecule has 0 fully saturated rings. The van der Waals surface area contributed by atoms with E-state index in [0.29, 0.717) is 19.1 Å². The lowest BCUT2D eigenvalue weighted by Gasteiger charge is -2.20. The van der Waals surface area contributed by atoms with Crippen molar-refractivity contribution in [1.29, 1.82) is 0 Å². The van der Waals surface area contributed by atoms with Crippen molar-refractivity contribution in [2.75, 3.05) is 19.8 Å².